The third kappa shape index (κ3) is 2.71. The van der Waals surface area contributed by atoms with E-state index in [1.54, 1.807) is 0 Å². The topological polar surface area (TPSA) is 65.2 Å². The molecule has 20 heavy (non-hydrogen) atoms. The molecule has 0 amide bonds. The molecular formula is C14H20N2O3S. The summed E-state index contributed by atoms with van der Waals surface area (Å²) in [5.74, 6) is 1.69. The lowest BCUT2D eigenvalue weighted by atomic mass is 10.1. The molecule has 3 rings (SSSR count). The predicted octanol–water partition coefficient (Wildman–Crippen LogP) is 2.84. The number of carbonyl (C=O) groups excluding carboxylic acids is 1. The second kappa shape index (κ2) is 5.76. The number of esters is 1. The van der Waals surface area contributed by atoms with Gasteiger partial charge in [0.15, 0.2) is 5.82 Å². The molecule has 0 saturated heterocycles. The lowest BCUT2D eigenvalue weighted by molar-refractivity contribution is -0.146. The Morgan fingerprint density at radius 3 is 2.85 bits per heavy atom. The second-order valence-corrected chi connectivity index (χ2v) is 6.82. The molecule has 2 saturated carbocycles. The van der Waals surface area contributed by atoms with Crippen molar-refractivity contribution in [3.05, 3.63) is 11.7 Å². The summed E-state index contributed by atoms with van der Waals surface area (Å²) in [6.45, 7) is 2.20. The van der Waals surface area contributed by atoms with Crippen molar-refractivity contribution in [2.24, 2.45) is 0 Å². The summed E-state index contributed by atoms with van der Waals surface area (Å²) in [7, 11) is 0. The Kier molecular flexibility index (Phi) is 4.01. The van der Waals surface area contributed by atoms with Gasteiger partial charge in [-0.2, -0.15) is 16.7 Å². The Morgan fingerprint density at radius 1 is 1.45 bits per heavy atom. The average molecular weight is 296 g/mol. The summed E-state index contributed by atoms with van der Waals surface area (Å²) < 4.78 is 10.4. The van der Waals surface area contributed by atoms with Gasteiger partial charge in [-0.3, -0.25) is 4.79 Å². The molecule has 0 aromatic carbocycles. The van der Waals surface area contributed by atoms with Gasteiger partial charge in [-0.15, -0.1) is 0 Å². The van der Waals surface area contributed by atoms with Crippen molar-refractivity contribution in [1.29, 1.82) is 0 Å². The molecule has 5 nitrogen and oxygen atoms in total. The van der Waals surface area contributed by atoms with Crippen molar-refractivity contribution in [1.82, 2.24) is 10.1 Å². The summed E-state index contributed by atoms with van der Waals surface area (Å²) >= 11 is 1.90. The molecule has 2 aliphatic rings. The van der Waals surface area contributed by atoms with E-state index in [0.29, 0.717) is 18.3 Å². The third-order valence-electron chi connectivity index (χ3n) is 4.04. The maximum absolute atomic E-state index is 11.9. The molecule has 0 bridgehead atoms. The van der Waals surface area contributed by atoms with Crippen LogP contribution < -0.4 is 0 Å². The van der Waals surface area contributed by atoms with Gasteiger partial charge in [-0.05, 0) is 32.6 Å². The summed E-state index contributed by atoms with van der Waals surface area (Å²) in [6, 6.07) is 0. The Morgan fingerprint density at radius 2 is 2.20 bits per heavy atom. The largest absolute Gasteiger partial charge is 0.465 e. The van der Waals surface area contributed by atoms with Crippen molar-refractivity contribution in [3.8, 4) is 0 Å². The minimum atomic E-state index is -0.640. The van der Waals surface area contributed by atoms with Gasteiger partial charge in [0.25, 0.3) is 0 Å². The fourth-order valence-electron chi connectivity index (χ4n) is 2.65. The Labute approximate surface area is 122 Å². The standard InChI is InChI=1S/C14H20N2O3S/c1-2-18-13(17)14(7-8-14)12-15-11(16-19-12)9-20-10-5-3-4-6-10/h10H,2-9H2,1H3. The van der Waals surface area contributed by atoms with Crippen LogP contribution in [0.5, 0.6) is 0 Å². The van der Waals surface area contributed by atoms with E-state index >= 15 is 0 Å². The normalized spacial score (nSPS) is 21.1. The highest BCUT2D eigenvalue weighted by Gasteiger charge is 2.57. The minimum Gasteiger partial charge on any atom is -0.465 e. The third-order valence-corrected chi connectivity index (χ3v) is 5.41. The molecule has 0 spiro atoms. The molecule has 1 aromatic heterocycles. The molecule has 0 aliphatic heterocycles. The van der Waals surface area contributed by atoms with Crippen LogP contribution in [0.25, 0.3) is 0 Å². The fourth-order valence-corrected chi connectivity index (χ4v) is 3.82. The minimum absolute atomic E-state index is 0.223. The van der Waals surface area contributed by atoms with Crippen LogP contribution in [-0.4, -0.2) is 28.0 Å². The summed E-state index contributed by atoms with van der Waals surface area (Å²) in [6.07, 6.45) is 6.76. The van der Waals surface area contributed by atoms with Crippen LogP contribution in [0, 0.1) is 0 Å². The van der Waals surface area contributed by atoms with Crippen molar-refractivity contribution < 1.29 is 14.1 Å². The van der Waals surface area contributed by atoms with Gasteiger partial charge in [0.1, 0.15) is 5.41 Å². The van der Waals surface area contributed by atoms with E-state index in [4.69, 9.17) is 9.26 Å². The zero-order valence-corrected chi connectivity index (χ0v) is 12.6. The first-order chi connectivity index (χ1) is 9.74. The van der Waals surface area contributed by atoms with Crippen molar-refractivity contribution in [2.75, 3.05) is 6.61 Å². The van der Waals surface area contributed by atoms with E-state index in [9.17, 15) is 4.79 Å². The molecule has 1 aromatic rings. The van der Waals surface area contributed by atoms with Gasteiger partial charge in [0, 0.05) is 5.25 Å². The van der Waals surface area contributed by atoms with E-state index in [2.05, 4.69) is 10.1 Å². The molecule has 0 atom stereocenters. The molecule has 2 aliphatic carbocycles. The number of nitrogens with zero attached hydrogens (tertiary/aromatic N) is 2. The van der Waals surface area contributed by atoms with Gasteiger partial charge in [-0.1, -0.05) is 18.0 Å². The number of thioether (sulfide) groups is 1. The van der Waals surface area contributed by atoms with Crippen molar-refractivity contribution in [3.63, 3.8) is 0 Å². The van der Waals surface area contributed by atoms with Gasteiger partial charge in [-0.25, -0.2) is 0 Å². The van der Waals surface area contributed by atoms with Crippen LogP contribution in [0.2, 0.25) is 0 Å². The smallest absolute Gasteiger partial charge is 0.321 e. The fraction of sp³-hybridized carbons (Fsp3) is 0.786. The van der Waals surface area contributed by atoms with Gasteiger partial charge in [0.05, 0.1) is 12.4 Å². The lowest BCUT2D eigenvalue weighted by Crippen LogP contribution is -2.23. The molecule has 0 radical (unpaired) electrons. The second-order valence-electron chi connectivity index (χ2n) is 5.54. The molecule has 110 valence electrons. The molecule has 2 fully saturated rings. The van der Waals surface area contributed by atoms with Crippen molar-refractivity contribution in [2.45, 2.75) is 61.9 Å². The van der Waals surface area contributed by atoms with Crippen molar-refractivity contribution >= 4 is 17.7 Å². The quantitative estimate of drug-likeness (QED) is 0.752. The summed E-state index contributed by atoms with van der Waals surface area (Å²) in [5.41, 5.74) is -0.640. The maximum Gasteiger partial charge on any atom is 0.321 e. The highest BCUT2D eigenvalue weighted by molar-refractivity contribution is 7.99. The predicted molar refractivity (Wildman–Crippen MR) is 75.4 cm³/mol. The summed E-state index contributed by atoms with van der Waals surface area (Å²) in [5, 5.41) is 4.74. The Balaban J connectivity index is 1.60. The Hall–Kier alpha value is -1.04. The average Bonchev–Trinajstić information content (AvgIpc) is 2.90. The van der Waals surface area contributed by atoms with Crippen LogP contribution in [0.3, 0.4) is 0 Å². The SMILES string of the molecule is CCOC(=O)C1(c2nc(CSC3CCCC3)no2)CC1. The first-order valence-electron chi connectivity index (χ1n) is 7.36. The van der Waals surface area contributed by atoms with E-state index in [1.165, 1.54) is 25.7 Å². The number of hydrogen-bond acceptors (Lipinski definition) is 6. The molecular weight excluding hydrogens is 276 g/mol. The number of aromatic nitrogens is 2. The van der Waals surface area contributed by atoms with Crippen LogP contribution in [0.15, 0.2) is 4.52 Å². The van der Waals surface area contributed by atoms with Crippen LogP contribution in [0.1, 0.15) is 57.2 Å². The summed E-state index contributed by atoms with van der Waals surface area (Å²) in [4.78, 5) is 16.4. The zero-order chi connectivity index (χ0) is 14.0. The number of carbonyl (C=O) groups is 1. The van der Waals surface area contributed by atoms with Crippen LogP contribution in [-0.2, 0) is 20.7 Å². The lowest BCUT2D eigenvalue weighted by Gasteiger charge is -2.08. The number of rotatable bonds is 6. The van der Waals surface area contributed by atoms with E-state index < -0.39 is 5.41 Å². The van der Waals surface area contributed by atoms with Gasteiger partial charge < -0.3 is 9.26 Å². The van der Waals surface area contributed by atoms with Crippen LogP contribution >= 0.6 is 11.8 Å². The van der Waals surface area contributed by atoms with E-state index in [1.807, 2.05) is 18.7 Å². The zero-order valence-electron chi connectivity index (χ0n) is 11.8. The first kappa shape index (κ1) is 13.9. The molecule has 0 unspecified atom stereocenters. The highest BCUT2D eigenvalue weighted by atomic mass is 32.2. The van der Waals surface area contributed by atoms with Gasteiger partial charge in [0.2, 0.25) is 5.89 Å². The van der Waals surface area contributed by atoms with E-state index in [0.717, 1.165) is 23.8 Å². The first-order valence-corrected chi connectivity index (χ1v) is 8.41. The number of ether oxygens (including phenoxy) is 1. The monoisotopic (exact) mass is 296 g/mol. The highest BCUT2D eigenvalue weighted by Crippen LogP contribution is 2.48. The van der Waals surface area contributed by atoms with Crippen LogP contribution in [0.4, 0.5) is 0 Å². The molecule has 6 heteroatoms. The van der Waals surface area contributed by atoms with E-state index in [-0.39, 0.29) is 5.97 Å². The maximum atomic E-state index is 11.9. The number of hydrogen-bond donors (Lipinski definition) is 0. The van der Waals surface area contributed by atoms with Gasteiger partial charge >= 0.3 is 5.97 Å². The molecule has 0 N–H and O–H groups in total. The molecule has 1 heterocycles. The Bertz CT molecular complexity index is 479.